The van der Waals surface area contributed by atoms with Gasteiger partial charge < -0.3 is 19.9 Å². The molecule has 0 fully saturated rings. The number of carboxylic acids is 1. The van der Waals surface area contributed by atoms with Crippen LogP contribution in [0.25, 0.3) is 5.57 Å². The first kappa shape index (κ1) is 33.0. The van der Waals surface area contributed by atoms with E-state index in [0.29, 0.717) is 26.1 Å². The molecule has 1 aromatic carbocycles. The highest BCUT2D eigenvalue weighted by Crippen LogP contribution is 2.43. The van der Waals surface area contributed by atoms with Gasteiger partial charge in [0.1, 0.15) is 6.61 Å². The molecule has 0 bridgehead atoms. The van der Waals surface area contributed by atoms with Gasteiger partial charge in [0.05, 0.1) is 17.9 Å². The number of ether oxygens (including phenoxy) is 2. The summed E-state index contributed by atoms with van der Waals surface area (Å²) in [6.07, 6.45) is 2.70. The molecular weight excluding hydrogens is 536 g/mol. The Morgan fingerprint density at radius 3 is 2.31 bits per heavy atom. The molecular formula is C32H44BFN3O5+. The second-order valence-corrected chi connectivity index (χ2v) is 10.3. The van der Waals surface area contributed by atoms with Gasteiger partial charge in [-0.1, -0.05) is 44.2 Å². The van der Waals surface area contributed by atoms with E-state index in [2.05, 4.69) is 19.2 Å². The molecule has 0 unspecified atom stereocenters. The predicted molar refractivity (Wildman–Crippen MR) is 165 cm³/mol. The SMILES string of the molecule is CCNCC.CCOCCOC(=O)CCc1c(C)c2n(c1C)B(F)[N+]1=CC(CCC(=O)O)=C(C)C1=C2c1ccccc1. The molecule has 0 saturated heterocycles. The van der Waals surface area contributed by atoms with Crippen LogP contribution in [-0.4, -0.2) is 72.4 Å². The molecule has 2 aromatic rings. The van der Waals surface area contributed by atoms with Crippen LogP contribution >= 0.6 is 0 Å². The average molecular weight is 581 g/mol. The van der Waals surface area contributed by atoms with Crippen LogP contribution in [0.15, 0.2) is 47.2 Å². The molecule has 0 amide bonds. The Morgan fingerprint density at radius 1 is 1.02 bits per heavy atom. The van der Waals surface area contributed by atoms with E-state index in [1.54, 1.807) is 15.2 Å². The number of aromatic nitrogens is 1. The Balaban J connectivity index is 0.000000892. The third-order valence-electron chi connectivity index (χ3n) is 7.60. The Bertz CT molecular complexity index is 1360. The summed E-state index contributed by atoms with van der Waals surface area (Å²) in [5.41, 5.74) is 7.73. The lowest BCUT2D eigenvalue weighted by Gasteiger charge is -2.21. The molecule has 42 heavy (non-hydrogen) atoms. The van der Waals surface area contributed by atoms with Crippen molar-refractivity contribution in [2.24, 2.45) is 0 Å². The van der Waals surface area contributed by atoms with Crippen molar-refractivity contribution in [1.82, 2.24) is 9.79 Å². The van der Waals surface area contributed by atoms with Crippen molar-refractivity contribution in [3.63, 3.8) is 0 Å². The number of carbonyl (C=O) groups is 2. The number of allylic oxidation sites excluding steroid dienone is 2. The number of benzene rings is 1. The van der Waals surface area contributed by atoms with Gasteiger partial charge in [-0.3, -0.25) is 14.1 Å². The maximum atomic E-state index is 16.2. The van der Waals surface area contributed by atoms with E-state index in [1.165, 1.54) is 0 Å². The van der Waals surface area contributed by atoms with Gasteiger partial charge in [0, 0.05) is 36.3 Å². The molecule has 3 heterocycles. The van der Waals surface area contributed by atoms with Crippen LogP contribution in [0.1, 0.15) is 75.0 Å². The minimum Gasteiger partial charge on any atom is -0.481 e. The Kier molecular flexibility index (Phi) is 12.3. The summed E-state index contributed by atoms with van der Waals surface area (Å²) in [5, 5.41) is 12.3. The highest BCUT2D eigenvalue weighted by molar-refractivity contribution is 6.43. The Labute approximate surface area is 249 Å². The van der Waals surface area contributed by atoms with Crippen molar-refractivity contribution in [1.29, 1.82) is 0 Å². The van der Waals surface area contributed by atoms with Gasteiger partial charge in [-0.2, -0.15) is 0 Å². The van der Waals surface area contributed by atoms with Gasteiger partial charge in [0.25, 0.3) is 0 Å². The number of nitrogens with zero attached hydrogens (tertiary/aromatic N) is 2. The topological polar surface area (TPSA) is 92.8 Å². The fourth-order valence-electron chi connectivity index (χ4n) is 5.53. The number of aliphatic carboxylic acids is 1. The molecule has 0 spiro atoms. The van der Waals surface area contributed by atoms with Crippen LogP contribution in [0.5, 0.6) is 0 Å². The van der Waals surface area contributed by atoms with E-state index in [0.717, 1.165) is 63.6 Å². The fourth-order valence-corrected chi connectivity index (χ4v) is 5.53. The molecule has 0 saturated carbocycles. The lowest BCUT2D eigenvalue weighted by molar-refractivity contribution is -0.331. The summed E-state index contributed by atoms with van der Waals surface area (Å²) in [6, 6.07) is 9.85. The van der Waals surface area contributed by atoms with Crippen molar-refractivity contribution >= 4 is 31.0 Å². The highest BCUT2D eigenvalue weighted by atomic mass is 19.1. The minimum atomic E-state index is -1.49. The van der Waals surface area contributed by atoms with E-state index in [4.69, 9.17) is 9.47 Å². The third-order valence-corrected chi connectivity index (χ3v) is 7.60. The van der Waals surface area contributed by atoms with Crippen molar-refractivity contribution in [2.45, 2.75) is 67.2 Å². The standard InChI is InChI=1S/C28H32BFN2O5.C4H11N/c1-5-36-15-16-37-25(35)14-12-23-19(3)28-26(21-9-7-6-8-10-21)27-18(2)22(11-13-24(33)34)17-31(27)29(30)32(28)20(23)4;1-3-5-4-2/h6-10,17H,5,11-16H2,1-4H3;5H,3-4H2,1-2H3/p+1. The molecule has 0 atom stereocenters. The van der Waals surface area contributed by atoms with Gasteiger partial charge in [0.15, 0.2) is 11.9 Å². The highest BCUT2D eigenvalue weighted by Gasteiger charge is 2.51. The molecule has 0 aliphatic carbocycles. The number of hydrogen-bond donors (Lipinski definition) is 2. The second-order valence-electron chi connectivity index (χ2n) is 10.3. The molecule has 0 radical (unpaired) electrons. The normalized spacial score (nSPS) is 13.9. The minimum absolute atomic E-state index is 0.0168. The second kappa shape index (κ2) is 15.7. The number of hydrogen-bond acceptors (Lipinski definition) is 5. The first-order valence-corrected chi connectivity index (χ1v) is 14.8. The summed E-state index contributed by atoms with van der Waals surface area (Å²) in [5.74, 6) is -1.19. The average Bonchev–Trinajstić information content (AvgIpc) is 3.43. The van der Waals surface area contributed by atoms with Gasteiger partial charge >= 0.3 is 19.2 Å². The number of halogens is 1. The summed E-state index contributed by atoms with van der Waals surface area (Å²) < 4.78 is 30.0. The summed E-state index contributed by atoms with van der Waals surface area (Å²) >= 11 is 0. The Morgan fingerprint density at radius 2 is 1.71 bits per heavy atom. The van der Waals surface area contributed by atoms with Crippen molar-refractivity contribution < 1.29 is 33.0 Å². The summed E-state index contributed by atoms with van der Waals surface area (Å²) in [4.78, 5) is 23.5. The number of nitrogens with one attached hydrogen (secondary N) is 1. The first-order chi connectivity index (χ1) is 20.2. The molecule has 1 aromatic heterocycles. The van der Waals surface area contributed by atoms with Crippen LogP contribution in [0.2, 0.25) is 0 Å². The fraction of sp³-hybridized carbons (Fsp3) is 0.469. The lowest BCUT2D eigenvalue weighted by Crippen LogP contribution is -2.39. The zero-order valence-corrected chi connectivity index (χ0v) is 25.8. The van der Waals surface area contributed by atoms with Crippen molar-refractivity contribution in [3.05, 3.63) is 75.3 Å². The predicted octanol–water partition coefficient (Wildman–Crippen LogP) is 5.09. The lowest BCUT2D eigenvalue weighted by atomic mass is 9.86. The van der Waals surface area contributed by atoms with E-state index >= 15 is 4.32 Å². The van der Waals surface area contributed by atoms with Crippen LogP contribution in [0.3, 0.4) is 0 Å². The smallest absolute Gasteiger partial charge is 0.481 e. The molecule has 2 aliphatic rings. The van der Waals surface area contributed by atoms with Crippen LogP contribution in [-0.2, 0) is 25.5 Å². The van der Waals surface area contributed by atoms with Crippen LogP contribution in [0.4, 0.5) is 4.32 Å². The monoisotopic (exact) mass is 580 g/mol. The van der Waals surface area contributed by atoms with Crippen molar-refractivity contribution in [2.75, 3.05) is 32.9 Å². The number of fused-ring (bicyclic) bond motifs is 2. The van der Waals surface area contributed by atoms with Crippen molar-refractivity contribution in [3.8, 4) is 0 Å². The molecule has 226 valence electrons. The van der Waals surface area contributed by atoms with Gasteiger partial charge in [-0.15, -0.1) is 0 Å². The number of carboxylic acid groups (broad SMARTS) is 1. The zero-order chi connectivity index (χ0) is 30.8. The molecule has 4 rings (SSSR count). The molecule has 10 heteroatoms. The van der Waals surface area contributed by atoms with E-state index in [-0.39, 0.29) is 25.4 Å². The first-order valence-electron chi connectivity index (χ1n) is 14.8. The van der Waals surface area contributed by atoms with E-state index < -0.39 is 13.2 Å². The number of carbonyl (C=O) groups excluding carboxylic acids is 1. The molecule has 2 N–H and O–H groups in total. The number of rotatable bonds is 13. The zero-order valence-electron chi connectivity index (χ0n) is 25.8. The summed E-state index contributed by atoms with van der Waals surface area (Å²) in [7, 11) is -1.49. The Hall–Kier alpha value is -3.50. The van der Waals surface area contributed by atoms with Gasteiger partial charge in [-0.25, -0.2) is 8.80 Å². The van der Waals surface area contributed by atoms with Crippen LogP contribution < -0.4 is 5.32 Å². The molecule has 8 nitrogen and oxygen atoms in total. The van der Waals surface area contributed by atoms with E-state index in [9.17, 15) is 14.7 Å². The van der Waals surface area contributed by atoms with Gasteiger partial charge in [-0.05, 0) is 70.3 Å². The molecule has 2 aliphatic heterocycles. The van der Waals surface area contributed by atoms with Gasteiger partial charge in [0.2, 0.25) is 0 Å². The quantitative estimate of drug-likeness (QED) is 0.195. The number of esters is 1. The maximum absolute atomic E-state index is 16.2. The third kappa shape index (κ3) is 7.47. The maximum Gasteiger partial charge on any atom is 0.846 e. The van der Waals surface area contributed by atoms with Crippen LogP contribution in [0, 0.1) is 13.8 Å². The van der Waals surface area contributed by atoms with E-state index in [1.807, 2.05) is 58.0 Å². The largest absolute Gasteiger partial charge is 0.846 e. The summed E-state index contributed by atoms with van der Waals surface area (Å²) in [6.45, 7) is 15.2.